The zero-order valence-electron chi connectivity index (χ0n) is 14.0. The van der Waals surface area contributed by atoms with Crippen molar-refractivity contribution in [1.82, 2.24) is 5.32 Å². The van der Waals surface area contributed by atoms with Gasteiger partial charge in [-0.1, -0.05) is 18.2 Å². The second-order valence-corrected chi connectivity index (χ2v) is 5.83. The number of benzene rings is 2. The molecule has 6 heteroatoms. The van der Waals surface area contributed by atoms with Crippen molar-refractivity contribution in [2.24, 2.45) is 0 Å². The Bertz CT molecular complexity index is 722. The first-order valence-electron chi connectivity index (χ1n) is 8.02. The van der Waals surface area contributed by atoms with Crippen molar-refractivity contribution in [3.8, 4) is 5.75 Å². The molecule has 0 aliphatic carbocycles. The Morgan fingerprint density at radius 2 is 2.00 bits per heavy atom. The minimum Gasteiger partial charge on any atom is -0.491 e. The molecule has 1 amide bonds. The largest absolute Gasteiger partial charge is 0.491 e. The molecule has 0 saturated carbocycles. The Morgan fingerprint density at radius 1 is 1.20 bits per heavy atom. The molecule has 1 unspecified atom stereocenters. The van der Waals surface area contributed by atoms with Crippen LogP contribution < -0.4 is 10.1 Å². The number of aryl methyl sites for hydroxylation is 2. The van der Waals surface area contributed by atoms with Crippen LogP contribution in [0.4, 0.5) is 8.78 Å². The summed E-state index contributed by atoms with van der Waals surface area (Å²) in [6.07, 6.45) is -0.428. The summed E-state index contributed by atoms with van der Waals surface area (Å²) in [4.78, 5) is 11.8. The highest BCUT2D eigenvalue weighted by molar-refractivity contribution is 5.76. The van der Waals surface area contributed by atoms with E-state index < -0.39 is 17.7 Å². The van der Waals surface area contributed by atoms with Gasteiger partial charge in [-0.25, -0.2) is 8.78 Å². The Hall–Kier alpha value is -2.47. The van der Waals surface area contributed by atoms with Gasteiger partial charge < -0.3 is 15.2 Å². The second-order valence-electron chi connectivity index (χ2n) is 5.83. The van der Waals surface area contributed by atoms with Crippen LogP contribution >= 0.6 is 0 Å². The molecule has 4 nitrogen and oxygen atoms in total. The molecule has 0 bridgehead atoms. The number of carbonyl (C=O) groups is 1. The van der Waals surface area contributed by atoms with Gasteiger partial charge in [0, 0.05) is 13.0 Å². The van der Waals surface area contributed by atoms with E-state index in [-0.39, 0.29) is 25.5 Å². The lowest BCUT2D eigenvalue weighted by Gasteiger charge is -2.13. The van der Waals surface area contributed by atoms with Gasteiger partial charge in [0.2, 0.25) is 5.91 Å². The van der Waals surface area contributed by atoms with Gasteiger partial charge in [-0.05, 0) is 48.7 Å². The number of nitrogens with one attached hydrogen (secondary N) is 1. The van der Waals surface area contributed by atoms with E-state index in [4.69, 9.17) is 4.74 Å². The number of aliphatic hydroxyl groups is 1. The van der Waals surface area contributed by atoms with Gasteiger partial charge in [0.05, 0.1) is 0 Å². The van der Waals surface area contributed by atoms with Crippen molar-refractivity contribution in [1.29, 1.82) is 0 Å². The van der Waals surface area contributed by atoms with Crippen LogP contribution in [-0.2, 0) is 11.2 Å². The SMILES string of the molecule is Cc1cccc(OCC(O)CNC(=O)CCc2ccc(F)c(F)c2)c1. The summed E-state index contributed by atoms with van der Waals surface area (Å²) in [5.41, 5.74) is 1.59. The molecule has 0 aliphatic rings. The van der Waals surface area contributed by atoms with E-state index in [0.717, 1.165) is 17.7 Å². The Labute approximate surface area is 145 Å². The maximum Gasteiger partial charge on any atom is 0.220 e. The average Bonchev–Trinajstić information content (AvgIpc) is 2.59. The molecule has 1 atom stereocenters. The van der Waals surface area contributed by atoms with Crippen LogP contribution in [0.1, 0.15) is 17.5 Å². The summed E-state index contributed by atoms with van der Waals surface area (Å²) in [6, 6.07) is 11.0. The highest BCUT2D eigenvalue weighted by Gasteiger charge is 2.09. The summed E-state index contributed by atoms with van der Waals surface area (Å²) in [6.45, 7) is 2.06. The van der Waals surface area contributed by atoms with Gasteiger partial charge in [0.25, 0.3) is 0 Å². The topological polar surface area (TPSA) is 58.6 Å². The van der Waals surface area contributed by atoms with E-state index in [1.54, 1.807) is 6.07 Å². The summed E-state index contributed by atoms with van der Waals surface area (Å²) in [5.74, 6) is -1.46. The fourth-order valence-electron chi connectivity index (χ4n) is 2.23. The van der Waals surface area contributed by atoms with Gasteiger partial charge in [-0.3, -0.25) is 4.79 Å². The molecule has 0 aromatic heterocycles. The van der Waals surface area contributed by atoms with E-state index in [9.17, 15) is 18.7 Å². The van der Waals surface area contributed by atoms with E-state index in [1.165, 1.54) is 6.07 Å². The predicted molar refractivity (Wildman–Crippen MR) is 90.4 cm³/mol. The van der Waals surface area contributed by atoms with Crippen molar-refractivity contribution in [3.63, 3.8) is 0 Å². The first-order valence-corrected chi connectivity index (χ1v) is 8.02. The molecule has 0 spiro atoms. The molecular formula is C19H21F2NO3. The lowest BCUT2D eigenvalue weighted by Crippen LogP contribution is -2.35. The Kier molecular flexibility index (Phi) is 6.89. The fraction of sp³-hybridized carbons (Fsp3) is 0.316. The highest BCUT2D eigenvalue weighted by atomic mass is 19.2. The number of hydrogen-bond acceptors (Lipinski definition) is 3. The third-order valence-corrected chi connectivity index (χ3v) is 3.59. The van der Waals surface area contributed by atoms with Gasteiger partial charge in [-0.15, -0.1) is 0 Å². The Balaban J connectivity index is 1.67. The number of amides is 1. The van der Waals surface area contributed by atoms with Crippen molar-refractivity contribution in [2.75, 3.05) is 13.2 Å². The molecule has 2 aromatic rings. The minimum absolute atomic E-state index is 0.0580. The molecule has 2 aromatic carbocycles. The van der Waals surface area contributed by atoms with E-state index in [1.807, 2.05) is 25.1 Å². The summed E-state index contributed by atoms with van der Waals surface area (Å²) in [5, 5.41) is 12.4. The molecule has 0 aliphatic heterocycles. The molecular weight excluding hydrogens is 328 g/mol. The molecule has 0 saturated heterocycles. The molecule has 0 radical (unpaired) electrons. The summed E-state index contributed by atoms with van der Waals surface area (Å²) < 4.78 is 31.4. The number of halogens is 2. The summed E-state index contributed by atoms with van der Waals surface area (Å²) in [7, 11) is 0. The highest BCUT2D eigenvalue weighted by Crippen LogP contribution is 2.12. The van der Waals surface area contributed by atoms with Crippen molar-refractivity contribution >= 4 is 5.91 Å². The van der Waals surface area contributed by atoms with Gasteiger partial charge >= 0.3 is 0 Å². The predicted octanol–water partition coefficient (Wildman–Crippen LogP) is 2.76. The first-order chi connectivity index (χ1) is 11.9. The number of carbonyl (C=O) groups excluding carboxylic acids is 1. The van der Waals surface area contributed by atoms with Gasteiger partial charge in [0.1, 0.15) is 18.5 Å². The van der Waals surface area contributed by atoms with Crippen LogP contribution in [0.5, 0.6) is 5.75 Å². The smallest absolute Gasteiger partial charge is 0.220 e. The third-order valence-electron chi connectivity index (χ3n) is 3.59. The number of hydrogen-bond donors (Lipinski definition) is 2. The average molecular weight is 349 g/mol. The van der Waals surface area contributed by atoms with E-state index >= 15 is 0 Å². The van der Waals surface area contributed by atoms with Crippen LogP contribution in [0, 0.1) is 18.6 Å². The van der Waals surface area contributed by atoms with Crippen LogP contribution in [0.2, 0.25) is 0 Å². The van der Waals surface area contributed by atoms with Crippen molar-refractivity contribution < 1.29 is 23.4 Å². The lowest BCUT2D eigenvalue weighted by molar-refractivity contribution is -0.121. The molecule has 2 N–H and O–H groups in total. The van der Waals surface area contributed by atoms with Crippen LogP contribution in [-0.4, -0.2) is 30.3 Å². The maximum atomic E-state index is 13.1. The Morgan fingerprint density at radius 3 is 2.72 bits per heavy atom. The molecule has 0 heterocycles. The van der Waals surface area contributed by atoms with Gasteiger partial charge in [0.15, 0.2) is 11.6 Å². The van der Waals surface area contributed by atoms with E-state index in [0.29, 0.717) is 17.7 Å². The van der Waals surface area contributed by atoms with Crippen molar-refractivity contribution in [3.05, 3.63) is 65.2 Å². The quantitative estimate of drug-likeness (QED) is 0.770. The van der Waals surface area contributed by atoms with Crippen LogP contribution in [0.15, 0.2) is 42.5 Å². The lowest BCUT2D eigenvalue weighted by atomic mass is 10.1. The molecule has 25 heavy (non-hydrogen) atoms. The zero-order chi connectivity index (χ0) is 18.2. The number of ether oxygens (including phenoxy) is 1. The number of rotatable bonds is 8. The van der Waals surface area contributed by atoms with Gasteiger partial charge in [-0.2, -0.15) is 0 Å². The van der Waals surface area contributed by atoms with Crippen molar-refractivity contribution in [2.45, 2.75) is 25.9 Å². The fourth-order valence-corrected chi connectivity index (χ4v) is 2.23. The second kappa shape index (κ2) is 9.13. The first kappa shape index (κ1) is 18.9. The standard InChI is InChI=1S/C19H21F2NO3/c1-13-3-2-4-16(9-13)25-12-15(23)11-22-19(24)8-6-14-5-7-17(20)18(21)10-14/h2-5,7,9-10,15,23H,6,8,11-12H2,1H3,(H,22,24). The monoisotopic (exact) mass is 349 g/mol. The third kappa shape index (κ3) is 6.51. The number of aliphatic hydroxyl groups excluding tert-OH is 1. The molecule has 134 valence electrons. The van der Waals surface area contributed by atoms with Crippen LogP contribution in [0.25, 0.3) is 0 Å². The maximum absolute atomic E-state index is 13.1. The van der Waals surface area contributed by atoms with Crippen LogP contribution in [0.3, 0.4) is 0 Å². The normalized spacial score (nSPS) is 11.8. The minimum atomic E-state index is -0.929. The van der Waals surface area contributed by atoms with E-state index in [2.05, 4.69) is 5.32 Å². The zero-order valence-corrected chi connectivity index (χ0v) is 14.0. The molecule has 2 rings (SSSR count). The molecule has 0 fully saturated rings. The summed E-state index contributed by atoms with van der Waals surface area (Å²) >= 11 is 0.